The number of carbonyl (C=O) groups excluding carboxylic acids is 1. The highest BCUT2D eigenvalue weighted by Crippen LogP contribution is 2.35. The number of esters is 1. The van der Waals surface area contributed by atoms with Crippen LogP contribution in [0, 0.1) is 0 Å². The largest absolute Gasteiger partial charge is 0.496 e. The number of sulfone groups is 1. The fourth-order valence-corrected chi connectivity index (χ4v) is 3.84. The minimum atomic E-state index is -3.73. The molecule has 0 aromatic heterocycles. The molecule has 0 spiro atoms. The van der Waals surface area contributed by atoms with E-state index in [1.807, 2.05) is 0 Å². The molecule has 3 N–H and O–H groups in total. The fourth-order valence-electron chi connectivity index (χ4n) is 2.75. The van der Waals surface area contributed by atoms with Gasteiger partial charge >= 0.3 is 5.97 Å². The molecule has 1 unspecified atom stereocenters. The molecule has 180 valence electrons. The Hall–Kier alpha value is -3.12. The SMILES string of the molecule is COc1cc(OC)c(C=CS(=O)(=O)Cc2cccc(OC(=O)C(N)(CO)OC)c2)c(OC)c1. The average Bonchev–Trinajstić information content (AvgIpc) is 2.81. The summed E-state index contributed by atoms with van der Waals surface area (Å²) >= 11 is 0. The Bertz CT molecular complexity index is 1080. The van der Waals surface area contributed by atoms with E-state index in [9.17, 15) is 18.3 Å². The standard InChI is InChI=1S/C22H27NO9S/c1-28-17-11-19(29-2)18(20(12-17)30-3)8-9-33(26,27)13-15-6-5-7-16(10-15)32-21(25)22(23,14-24)31-4/h5-12,24H,13-14,23H2,1-4H3. The first-order chi connectivity index (χ1) is 15.6. The van der Waals surface area contributed by atoms with E-state index in [1.165, 1.54) is 45.6 Å². The molecule has 0 aliphatic rings. The van der Waals surface area contributed by atoms with Crippen LogP contribution < -0.4 is 24.7 Å². The quantitative estimate of drug-likeness (QED) is 0.275. The van der Waals surface area contributed by atoms with E-state index < -0.39 is 28.1 Å². The number of hydrogen-bond acceptors (Lipinski definition) is 10. The van der Waals surface area contributed by atoms with Gasteiger partial charge in [0.25, 0.3) is 0 Å². The second-order valence-electron chi connectivity index (χ2n) is 6.84. The molecule has 0 saturated heterocycles. The topological polar surface area (TPSA) is 144 Å². The van der Waals surface area contributed by atoms with Crippen molar-refractivity contribution in [2.75, 3.05) is 35.0 Å². The van der Waals surface area contributed by atoms with Crippen molar-refractivity contribution in [3.8, 4) is 23.0 Å². The minimum absolute atomic E-state index is 0.0514. The van der Waals surface area contributed by atoms with Crippen molar-refractivity contribution in [1.29, 1.82) is 0 Å². The number of aliphatic hydroxyl groups excluding tert-OH is 1. The van der Waals surface area contributed by atoms with Gasteiger partial charge in [-0.1, -0.05) is 12.1 Å². The van der Waals surface area contributed by atoms with Crippen molar-refractivity contribution in [3.05, 3.63) is 52.9 Å². The monoisotopic (exact) mass is 481 g/mol. The molecule has 0 aliphatic heterocycles. The third-order valence-electron chi connectivity index (χ3n) is 4.62. The lowest BCUT2D eigenvalue weighted by atomic mass is 10.1. The highest BCUT2D eigenvalue weighted by atomic mass is 32.2. The van der Waals surface area contributed by atoms with Crippen LogP contribution in [-0.4, -0.2) is 60.3 Å². The van der Waals surface area contributed by atoms with Crippen molar-refractivity contribution >= 4 is 21.9 Å². The molecule has 33 heavy (non-hydrogen) atoms. The summed E-state index contributed by atoms with van der Waals surface area (Å²) < 4.78 is 51.1. The molecular weight excluding hydrogens is 454 g/mol. The first kappa shape index (κ1) is 26.1. The lowest BCUT2D eigenvalue weighted by molar-refractivity contribution is -0.163. The van der Waals surface area contributed by atoms with Crippen LogP contribution in [0.1, 0.15) is 11.1 Å². The van der Waals surface area contributed by atoms with Crippen LogP contribution in [0.5, 0.6) is 23.0 Å². The molecule has 0 aliphatic carbocycles. The van der Waals surface area contributed by atoms with Crippen molar-refractivity contribution in [2.24, 2.45) is 5.73 Å². The number of carbonyl (C=O) groups is 1. The summed E-state index contributed by atoms with van der Waals surface area (Å²) in [6.07, 6.45) is 1.37. The third kappa shape index (κ3) is 6.68. The van der Waals surface area contributed by atoms with Gasteiger partial charge in [-0.25, -0.2) is 13.2 Å². The molecular formula is C22H27NO9S. The minimum Gasteiger partial charge on any atom is -0.496 e. The van der Waals surface area contributed by atoms with Gasteiger partial charge in [-0.15, -0.1) is 0 Å². The second-order valence-corrected chi connectivity index (χ2v) is 8.73. The number of methoxy groups -OCH3 is 4. The Morgan fingerprint density at radius 1 is 1.03 bits per heavy atom. The van der Waals surface area contributed by atoms with E-state index >= 15 is 0 Å². The number of nitrogens with two attached hydrogens (primary N) is 1. The maximum Gasteiger partial charge on any atom is 0.361 e. The van der Waals surface area contributed by atoms with Crippen LogP contribution in [0.15, 0.2) is 41.8 Å². The molecule has 1 atom stereocenters. The molecule has 0 saturated carbocycles. The molecule has 0 heterocycles. The zero-order valence-corrected chi connectivity index (χ0v) is 19.5. The summed E-state index contributed by atoms with van der Waals surface area (Å²) in [7, 11) is 1.81. The molecule has 10 nitrogen and oxygen atoms in total. The summed E-state index contributed by atoms with van der Waals surface area (Å²) in [5, 5.41) is 10.3. The van der Waals surface area contributed by atoms with E-state index in [-0.39, 0.29) is 11.5 Å². The van der Waals surface area contributed by atoms with Crippen molar-refractivity contribution < 1.29 is 42.0 Å². The summed E-state index contributed by atoms with van der Waals surface area (Å²) in [5.74, 6) is -0.0983. The molecule has 11 heteroatoms. The lowest BCUT2D eigenvalue weighted by Crippen LogP contribution is -2.55. The van der Waals surface area contributed by atoms with E-state index in [0.717, 1.165) is 12.5 Å². The van der Waals surface area contributed by atoms with Gasteiger partial charge in [0.15, 0.2) is 9.84 Å². The van der Waals surface area contributed by atoms with Crippen LogP contribution >= 0.6 is 0 Å². The molecule has 0 fully saturated rings. The molecule has 2 rings (SSSR count). The summed E-state index contributed by atoms with van der Waals surface area (Å²) in [6, 6.07) is 9.13. The van der Waals surface area contributed by atoms with Gasteiger partial charge in [-0.2, -0.15) is 0 Å². The van der Waals surface area contributed by atoms with Gasteiger partial charge < -0.3 is 28.8 Å². The first-order valence-electron chi connectivity index (χ1n) is 9.58. The Labute approximate surface area is 192 Å². The number of hydrogen-bond donors (Lipinski definition) is 2. The van der Waals surface area contributed by atoms with Crippen LogP contribution in [-0.2, 0) is 25.1 Å². The fraction of sp³-hybridized carbons (Fsp3) is 0.318. The zero-order valence-electron chi connectivity index (χ0n) is 18.7. The first-order valence-corrected chi connectivity index (χ1v) is 11.3. The van der Waals surface area contributed by atoms with Crippen LogP contribution in [0.4, 0.5) is 0 Å². The highest BCUT2D eigenvalue weighted by Gasteiger charge is 2.35. The van der Waals surface area contributed by atoms with Gasteiger partial charge in [0.2, 0.25) is 5.72 Å². The van der Waals surface area contributed by atoms with E-state index in [4.69, 9.17) is 29.4 Å². The van der Waals surface area contributed by atoms with E-state index in [1.54, 1.807) is 18.2 Å². The van der Waals surface area contributed by atoms with Crippen LogP contribution in [0.25, 0.3) is 6.08 Å². The second kappa shape index (κ2) is 11.1. The number of rotatable bonds is 11. The van der Waals surface area contributed by atoms with Crippen molar-refractivity contribution in [1.82, 2.24) is 0 Å². The number of benzene rings is 2. The number of ether oxygens (including phenoxy) is 5. The third-order valence-corrected chi connectivity index (χ3v) is 5.90. The lowest BCUT2D eigenvalue weighted by Gasteiger charge is -2.22. The zero-order chi connectivity index (χ0) is 24.6. The summed E-state index contributed by atoms with van der Waals surface area (Å²) in [5.41, 5.74) is 4.37. The molecule has 2 aromatic carbocycles. The van der Waals surface area contributed by atoms with Gasteiger partial charge in [-0.3, -0.25) is 5.73 Å². The predicted molar refractivity (Wildman–Crippen MR) is 121 cm³/mol. The summed E-state index contributed by atoms with van der Waals surface area (Å²) in [6.45, 7) is -0.792. The normalized spacial score (nSPS) is 13.4. The maximum atomic E-state index is 12.7. The van der Waals surface area contributed by atoms with Crippen LogP contribution in [0.2, 0.25) is 0 Å². The average molecular weight is 482 g/mol. The van der Waals surface area contributed by atoms with Gasteiger partial charge in [0, 0.05) is 24.7 Å². The summed E-state index contributed by atoms with van der Waals surface area (Å²) in [4.78, 5) is 12.1. The Kier molecular flexibility index (Phi) is 8.83. The van der Waals surface area contributed by atoms with Crippen molar-refractivity contribution in [2.45, 2.75) is 11.5 Å². The molecule has 0 bridgehead atoms. The number of aliphatic hydroxyl groups is 1. The van der Waals surface area contributed by atoms with E-state index in [2.05, 4.69) is 0 Å². The predicted octanol–water partition coefficient (Wildman–Crippen LogP) is 1.50. The molecule has 0 radical (unpaired) electrons. The van der Waals surface area contributed by atoms with Gasteiger partial charge in [-0.05, 0) is 23.8 Å². The van der Waals surface area contributed by atoms with Gasteiger partial charge in [0.05, 0.1) is 39.3 Å². The van der Waals surface area contributed by atoms with Gasteiger partial charge in [0.1, 0.15) is 23.0 Å². The molecule has 0 amide bonds. The highest BCUT2D eigenvalue weighted by molar-refractivity contribution is 7.93. The van der Waals surface area contributed by atoms with Crippen molar-refractivity contribution in [3.63, 3.8) is 0 Å². The molecule has 2 aromatic rings. The van der Waals surface area contributed by atoms with E-state index in [0.29, 0.717) is 28.4 Å². The Morgan fingerprint density at radius 3 is 2.18 bits per heavy atom. The maximum absolute atomic E-state index is 12.7. The van der Waals surface area contributed by atoms with Crippen LogP contribution in [0.3, 0.4) is 0 Å². The Morgan fingerprint density at radius 2 is 1.67 bits per heavy atom. The smallest absolute Gasteiger partial charge is 0.361 e. The Balaban J connectivity index is 2.25.